The van der Waals surface area contributed by atoms with Crippen LogP contribution in [-0.4, -0.2) is 23.1 Å². The van der Waals surface area contributed by atoms with Gasteiger partial charge >= 0.3 is 0 Å². The highest BCUT2D eigenvalue weighted by Crippen LogP contribution is 2.30. The molecule has 4 heteroatoms. The maximum absolute atomic E-state index is 9.31. The minimum atomic E-state index is 0.280. The SMILES string of the molecule is C1CCNC1.C=C1c2ccc(N)cc2C=CN1Cc1ccc(O)cc1. The summed E-state index contributed by atoms with van der Waals surface area (Å²) in [5.74, 6) is 0.280. The summed E-state index contributed by atoms with van der Waals surface area (Å²) in [6.45, 7) is 7.39. The second kappa shape index (κ2) is 7.90. The fourth-order valence-electron chi connectivity index (χ4n) is 2.97. The predicted octanol–water partition coefficient (Wildman–Crippen LogP) is 3.80. The average Bonchev–Trinajstić information content (AvgIpc) is 3.19. The lowest BCUT2D eigenvalue weighted by atomic mass is 10.00. The number of fused-ring (bicyclic) bond motifs is 1. The quantitative estimate of drug-likeness (QED) is 0.731. The van der Waals surface area contributed by atoms with E-state index in [1.807, 2.05) is 42.6 Å². The molecule has 0 saturated carbocycles. The maximum Gasteiger partial charge on any atom is 0.115 e. The van der Waals surface area contributed by atoms with Crippen molar-refractivity contribution < 1.29 is 5.11 Å². The molecule has 25 heavy (non-hydrogen) atoms. The molecule has 2 aliphatic heterocycles. The van der Waals surface area contributed by atoms with E-state index in [1.165, 1.54) is 25.9 Å². The molecule has 1 saturated heterocycles. The number of anilines is 1. The molecule has 0 radical (unpaired) electrons. The summed E-state index contributed by atoms with van der Waals surface area (Å²) in [6.07, 6.45) is 6.83. The van der Waals surface area contributed by atoms with Gasteiger partial charge in [0.25, 0.3) is 0 Å². The standard InChI is InChI=1S/C17H16N2O.C4H9N/c1-12-17-7-4-15(18)10-14(17)8-9-19(12)11-13-2-5-16(20)6-3-13;1-2-4-5-3-1/h2-10,20H,1,11,18H2;5H,1-4H2. The number of nitrogens with zero attached hydrogens (tertiary/aromatic N) is 1. The zero-order valence-corrected chi connectivity index (χ0v) is 14.4. The molecule has 4 N–H and O–H groups in total. The molecule has 2 aromatic carbocycles. The van der Waals surface area contributed by atoms with Crippen LogP contribution in [0.4, 0.5) is 5.69 Å². The smallest absolute Gasteiger partial charge is 0.115 e. The van der Waals surface area contributed by atoms with E-state index in [4.69, 9.17) is 5.73 Å². The number of hydrogen-bond donors (Lipinski definition) is 3. The van der Waals surface area contributed by atoms with Crippen LogP contribution in [0.1, 0.15) is 29.5 Å². The van der Waals surface area contributed by atoms with Crippen molar-refractivity contribution >= 4 is 17.5 Å². The number of aromatic hydroxyl groups is 1. The molecule has 0 atom stereocenters. The summed E-state index contributed by atoms with van der Waals surface area (Å²) in [6, 6.07) is 13.1. The van der Waals surface area contributed by atoms with Crippen molar-refractivity contribution in [3.8, 4) is 5.75 Å². The molecule has 130 valence electrons. The van der Waals surface area contributed by atoms with Crippen LogP contribution in [0.5, 0.6) is 5.75 Å². The summed E-state index contributed by atoms with van der Waals surface area (Å²) in [7, 11) is 0. The van der Waals surface area contributed by atoms with Crippen molar-refractivity contribution in [3.05, 3.63) is 71.9 Å². The molecule has 0 aromatic heterocycles. The topological polar surface area (TPSA) is 61.5 Å². The second-order valence-electron chi connectivity index (χ2n) is 6.36. The fourth-order valence-corrected chi connectivity index (χ4v) is 2.97. The third-order valence-corrected chi connectivity index (χ3v) is 4.41. The first kappa shape index (κ1) is 17.1. The Labute approximate surface area is 149 Å². The van der Waals surface area contributed by atoms with Gasteiger partial charge in [-0.25, -0.2) is 0 Å². The number of nitrogens with two attached hydrogens (primary N) is 1. The number of nitrogens with one attached hydrogen (secondary N) is 1. The molecule has 2 aromatic rings. The Bertz CT molecular complexity index is 754. The van der Waals surface area contributed by atoms with Gasteiger partial charge in [-0.05, 0) is 67.4 Å². The van der Waals surface area contributed by atoms with Crippen LogP contribution in [-0.2, 0) is 6.54 Å². The molecular formula is C21H25N3O. The van der Waals surface area contributed by atoms with Gasteiger partial charge in [0.2, 0.25) is 0 Å². The highest BCUT2D eigenvalue weighted by Gasteiger charge is 2.15. The third-order valence-electron chi connectivity index (χ3n) is 4.41. The number of phenols is 1. The Hall–Kier alpha value is -2.72. The van der Waals surface area contributed by atoms with E-state index in [-0.39, 0.29) is 5.75 Å². The van der Waals surface area contributed by atoms with Gasteiger partial charge in [-0.2, -0.15) is 0 Å². The first-order chi connectivity index (χ1) is 12.1. The van der Waals surface area contributed by atoms with Gasteiger partial charge in [-0.3, -0.25) is 0 Å². The van der Waals surface area contributed by atoms with E-state index in [1.54, 1.807) is 12.1 Å². The Morgan fingerprint density at radius 1 is 1.08 bits per heavy atom. The number of hydrogen-bond acceptors (Lipinski definition) is 4. The van der Waals surface area contributed by atoms with Crippen molar-refractivity contribution in [1.82, 2.24) is 10.2 Å². The molecule has 0 amide bonds. The number of benzene rings is 2. The van der Waals surface area contributed by atoms with Gasteiger partial charge in [0, 0.05) is 29.7 Å². The fraction of sp³-hybridized carbons (Fsp3) is 0.238. The van der Waals surface area contributed by atoms with E-state index in [2.05, 4.69) is 16.8 Å². The van der Waals surface area contributed by atoms with Crippen molar-refractivity contribution in [2.45, 2.75) is 19.4 Å². The van der Waals surface area contributed by atoms with Crippen molar-refractivity contribution in [3.63, 3.8) is 0 Å². The maximum atomic E-state index is 9.31. The van der Waals surface area contributed by atoms with Crippen LogP contribution in [0, 0.1) is 0 Å². The van der Waals surface area contributed by atoms with Crippen molar-refractivity contribution in [2.75, 3.05) is 18.8 Å². The summed E-state index contributed by atoms with van der Waals surface area (Å²) in [5, 5.41) is 12.5. The Morgan fingerprint density at radius 2 is 1.80 bits per heavy atom. The van der Waals surface area contributed by atoms with Gasteiger partial charge in [0.15, 0.2) is 0 Å². The van der Waals surface area contributed by atoms with Gasteiger partial charge in [-0.1, -0.05) is 24.8 Å². The van der Waals surface area contributed by atoms with Crippen LogP contribution < -0.4 is 11.1 Å². The second-order valence-corrected chi connectivity index (χ2v) is 6.36. The van der Waals surface area contributed by atoms with E-state index >= 15 is 0 Å². The van der Waals surface area contributed by atoms with E-state index < -0.39 is 0 Å². The van der Waals surface area contributed by atoms with E-state index in [9.17, 15) is 5.11 Å². The Balaban J connectivity index is 0.000000314. The van der Waals surface area contributed by atoms with Crippen molar-refractivity contribution in [1.29, 1.82) is 0 Å². The summed E-state index contributed by atoms with van der Waals surface area (Å²) in [5.41, 5.74) is 10.8. The van der Waals surface area contributed by atoms with Gasteiger partial charge in [0.1, 0.15) is 5.75 Å². The minimum Gasteiger partial charge on any atom is -0.508 e. The zero-order valence-electron chi connectivity index (χ0n) is 14.4. The van der Waals surface area contributed by atoms with E-state index in [0.717, 1.165) is 34.6 Å². The molecule has 2 aliphatic rings. The lowest BCUT2D eigenvalue weighted by Gasteiger charge is -2.28. The van der Waals surface area contributed by atoms with Gasteiger partial charge in [-0.15, -0.1) is 0 Å². The lowest BCUT2D eigenvalue weighted by Crippen LogP contribution is -2.17. The first-order valence-corrected chi connectivity index (χ1v) is 8.66. The third kappa shape index (κ3) is 4.43. The molecular weight excluding hydrogens is 310 g/mol. The highest BCUT2D eigenvalue weighted by atomic mass is 16.3. The predicted molar refractivity (Wildman–Crippen MR) is 105 cm³/mol. The van der Waals surface area contributed by atoms with Crippen LogP contribution in [0.25, 0.3) is 11.8 Å². The number of rotatable bonds is 2. The highest BCUT2D eigenvalue weighted by molar-refractivity contribution is 5.78. The van der Waals surface area contributed by atoms with Crippen LogP contribution in [0.15, 0.2) is 55.2 Å². The molecule has 1 fully saturated rings. The summed E-state index contributed by atoms with van der Waals surface area (Å²) < 4.78 is 0. The molecule has 2 heterocycles. The summed E-state index contributed by atoms with van der Waals surface area (Å²) >= 11 is 0. The molecule has 0 unspecified atom stereocenters. The van der Waals surface area contributed by atoms with Crippen molar-refractivity contribution in [2.24, 2.45) is 0 Å². The zero-order chi connectivity index (χ0) is 17.6. The molecule has 4 rings (SSSR count). The summed E-state index contributed by atoms with van der Waals surface area (Å²) in [4.78, 5) is 2.09. The van der Waals surface area contributed by atoms with Crippen LogP contribution in [0.2, 0.25) is 0 Å². The molecule has 0 aliphatic carbocycles. The Kier molecular flexibility index (Phi) is 5.41. The molecule has 0 bridgehead atoms. The molecule has 4 nitrogen and oxygen atoms in total. The largest absolute Gasteiger partial charge is 0.508 e. The Morgan fingerprint density at radius 3 is 2.44 bits per heavy atom. The number of nitrogen functional groups attached to an aromatic ring is 1. The molecule has 0 spiro atoms. The first-order valence-electron chi connectivity index (χ1n) is 8.66. The van der Waals surface area contributed by atoms with Gasteiger partial charge in [0.05, 0.1) is 0 Å². The lowest BCUT2D eigenvalue weighted by molar-refractivity contribution is 0.474. The van der Waals surface area contributed by atoms with Gasteiger partial charge < -0.3 is 21.1 Å². The normalized spacial score (nSPS) is 15.5. The number of phenolic OH excluding ortho intramolecular Hbond substituents is 1. The monoisotopic (exact) mass is 335 g/mol. The minimum absolute atomic E-state index is 0.280. The van der Waals surface area contributed by atoms with Crippen LogP contribution >= 0.6 is 0 Å². The van der Waals surface area contributed by atoms with E-state index in [0.29, 0.717) is 0 Å². The van der Waals surface area contributed by atoms with Crippen LogP contribution in [0.3, 0.4) is 0 Å². The average molecular weight is 335 g/mol.